The van der Waals surface area contributed by atoms with Gasteiger partial charge in [0.05, 0.1) is 6.10 Å². The van der Waals surface area contributed by atoms with Gasteiger partial charge in [-0.15, -0.1) is 0 Å². The summed E-state index contributed by atoms with van der Waals surface area (Å²) in [4.78, 5) is 28.9. The third kappa shape index (κ3) is 6.17. The zero-order valence-electron chi connectivity index (χ0n) is 34.8. The number of nitrogens with one attached hydrogen (secondary N) is 1. The molecule has 6 aliphatic carbocycles. The number of fused-ring (bicyclic) bond motifs is 7. The Morgan fingerprint density at radius 3 is 2.42 bits per heavy atom. The number of hydrogen-bond acceptors (Lipinski definition) is 6. The van der Waals surface area contributed by atoms with Crippen LogP contribution in [0.25, 0.3) is 0 Å². The zero-order valence-corrected chi connectivity index (χ0v) is 34.8. The summed E-state index contributed by atoms with van der Waals surface area (Å²) < 4.78 is 5.93. The first-order valence-electron chi connectivity index (χ1n) is 21.5. The maximum Gasteiger partial charge on any atom is 0.313 e. The van der Waals surface area contributed by atoms with Crippen molar-refractivity contribution in [3.8, 4) is 5.88 Å². The average molecular weight is 756 g/mol. The Morgan fingerprint density at radius 1 is 1.00 bits per heavy atom. The van der Waals surface area contributed by atoms with Crippen molar-refractivity contribution < 1.29 is 24.5 Å². The Morgan fingerprint density at radius 2 is 1.76 bits per heavy atom. The molecular weight excluding hydrogens is 687 g/mol. The van der Waals surface area contributed by atoms with Crippen molar-refractivity contribution in [3.63, 3.8) is 0 Å². The van der Waals surface area contributed by atoms with Crippen LogP contribution in [0.4, 0.5) is 0 Å². The van der Waals surface area contributed by atoms with Crippen LogP contribution in [0.3, 0.4) is 0 Å². The first-order valence-corrected chi connectivity index (χ1v) is 21.5. The summed E-state index contributed by atoms with van der Waals surface area (Å²) in [5.74, 6) is 1.49. The molecule has 8 nitrogen and oxygen atoms in total. The molecule has 1 aromatic heterocycles. The van der Waals surface area contributed by atoms with Gasteiger partial charge in [0.15, 0.2) is 0 Å². The van der Waals surface area contributed by atoms with Gasteiger partial charge in [0.1, 0.15) is 17.6 Å². The summed E-state index contributed by atoms with van der Waals surface area (Å²) in [6.07, 6.45) is 19.2. The van der Waals surface area contributed by atoms with Crippen LogP contribution < -0.4 is 15.8 Å². The van der Waals surface area contributed by atoms with Gasteiger partial charge in [-0.25, -0.2) is 4.98 Å². The molecule has 5 N–H and O–H groups in total. The number of carbonyl (C=O) groups is 2. The third-order valence-electron chi connectivity index (χ3n) is 17.7. The fourth-order valence-electron chi connectivity index (χ4n) is 14.5. The number of aliphatic carboxylic acids is 1. The smallest absolute Gasteiger partial charge is 0.313 e. The molecule has 1 heterocycles. The summed E-state index contributed by atoms with van der Waals surface area (Å²) in [7, 11) is 0. The maximum absolute atomic E-state index is 12.8. The van der Waals surface area contributed by atoms with Crippen LogP contribution in [0.15, 0.2) is 53.8 Å². The van der Waals surface area contributed by atoms with E-state index in [1.54, 1.807) is 12.1 Å². The molecule has 55 heavy (non-hydrogen) atoms. The molecule has 0 spiro atoms. The lowest BCUT2D eigenvalue weighted by Gasteiger charge is -2.72. The topological polar surface area (TPSA) is 135 Å². The quantitative estimate of drug-likeness (QED) is 0.166. The van der Waals surface area contributed by atoms with Gasteiger partial charge in [-0.1, -0.05) is 65.8 Å². The van der Waals surface area contributed by atoms with Gasteiger partial charge in [-0.2, -0.15) is 0 Å². The number of nitrogens with two attached hydrogens (primary N) is 1. The highest BCUT2D eigenvalue weighted by molar-refractivity contribution is 5.95. The van der Waals surface area contributed by atoms with Crippen molar-refractivity contribution in [2.24, 2.45) is 62.4 Å². The van der Waals surface area contributed by atoms with E-state index in [-0.39, 0.29) is 51.4 Å². The summed E-state index contributed by atoms with van der Waals surface area (Å²) in [6.45, 7) is 22.5. The molecular formula is C47H69N3O5. The number of aromatic nitrogens is 1. The Hall–Kier alpha value is -2.97. The van der Waals surface area contributed by atoms with E-state index in [2.05, 4.69) is 77.5 Å². The Labute approximate surface area is 330 Å². The molecule has 0 saturated heterocycles. The molecule has 1 amide bonds. The molecule has 11 atom stereocenters. The lowest BCUT2D eigenvalue weighted by molar-refractivity contribution is -0.221. The number of carbonyl (C=O) groups excluding carboxylic acids is 1. The van der Waals surface area contributed by atoms with Crippen LogP contribution in [0, 0.1) is 56.7 Å². The zero-order chi connectivity index (χ0) is 39.8. The number of allylic oxidation sites excluding steroid dienone is 5. The molecule has 7 rings (SSSR count). The predicted molar refractivity (Wildman–Crippen MR) is 217 cm³/mol. The van der Waals surface area contributed by atoms with Crippen LogP contribution in [0.5, 0.6) is 5.88 Å². The van der Waals surface area contributed by atoms with Crippen molar-refractivity contribution in [1.82, 2.24) is 10.3 Å². The van der Waals surface area contributed by atoms with Gasteiger partial charge in [0.25, 0.3) is 5.91 Å². The number of aliphatic hydroxyl groups is 1. The highest BCUT2D eigenvalue weighted by Crippen LogP contribution is 2.76. The van der Waals surface area contributed by atoms with E-state index in [0.717, 1.165) is 12.8 Å². The Bertz CT molecular complexity index is 1770. The van der Waals surface area contributed by atoms with Gasteiger partial charge in [-0.3, -0.25) is 9.59 Å². The van der Waals surface area contributed by atoms with E-state index in [9.17, 15) is 19.8 Å². The number of aliphatic hydroxyl groups excluding tert-OH is 1. The summed E-state index contributed by atoms with van der Waals surface area (Å²) in [5, 5.41) is 25.2. The molecule has 4 saturated carbocycles. The van der Waals surface area contributed by atoms with E-state index < -0.39 is 17.3 Å². The number of nitrogens with zero attached hydrogens (tertiary/aromatic N) is 1. The van der Waals surface area contributed by atoms with E-state index in [1.807, 2.05) is 0 Å². The van der Waals surface area contributed by atoms with Crippen LogP contribution in [-0.4, -0.2) is 51.9 Å². The van der Waals surface area contributed by atoms with Crippen molar-refractivity contribution in [2.45, 2.75) is 144 Å². The number of carboxylic acids is 1. The van der Waals surface area contributed by atoms with Crippen molar-refractivity contribution in [1.29, 1.82) is 0 Å². The molecule has 6 aliphatic rings. The van der Waals surface area contributed by atoms with Gasteiger partial charge in [-0.05, 0) is 165 Å². The first kappa shape index (κ1) is 40.2. The van der Waals surface area contributed by atoms with Crippen LogP contribution in [0.2, 0.25) is 0 Å². The van der Waals surface area contributed by atoms with Gasteiger partial charge in [0, 0.05) is 18.3 Å². The fourth-order valence-corrected chi connectivity index (χ4v) is 14.5. The number of β-amino-alcohol motifs (C(OH)–C–C–N with tert-alkyl or cyclic N) is 1. The molecule has 0 unspecified atom stereocenters. The molecule has 0 bridgehead atoms. The van der Waals surface area contributed by atoms with Gasteiger partial charge in [0.2, 0.25) is 5.88 Å². The summed E-state index contributed by atoms with van der Waals surface area (Å²) in [5.41, 5.74) is 9.38. The van der Waals surface area contributed by atoms with Gasteiger partial charge < -0.3 is 26.0 Å². The lowest BCUT2D eigenvalue weighted by atomic mass is 9.33. The molecule has 0 aromatic carbocycles. The number of amides is 1. The second-order valence-electron chi connectivity index (χ2n) is 20.4. The fraction of sp³-hybridized carbons (Fsp3) is 0.723. The van der Waals surface area contributed by atoms with Crippen molar-refractivity contribution >= 4 is 11.9 Å². The predicted octanol–water partition coefficient (Wildman–Crippen LogP) is 9.05. The third-order valence-corrected chi connectivity index (χ3v) is 17.7. The largest absolute Gasteiger partial charge is 0.481 e. The van der Waals surface area contributed by atoms with E-state index in [1.165, 1.54) is 74.3 Å². The minimum absolute atomic E-state index is 0.0375. The number of carboxylic acid groups (broad SMARTS) is 1. The Kier molecular flexibility index (Phi) is 10.3. The second kappa shape index (κ2) is 14.1. The monoisotopic (exact) mass is 756 g/mol. The molecule has 1 aromatic rings. The normalized spacial score (nSPS) is 41.0. The SMILES string of the molecule is C=C(C)[C@@H]1CC[C@]2(NC[C@H](O)CC)CC[C@]3(C)[C@H](CC[C@@H]4[C@@]5(C)CC=C(C6=CC[C@](COc7ncccc7C(N)=O)(C(=O)O)CC6)C(C)(C)[C@@H]5CC[C@]43C)[C@@H]12. The van der Waals surface area contributed by atoms with Crippen LogP contribution in [-0.2, 0) is 4.79 Å². The second-order valence-corrected chi connectivity index (χ2v) is 20.4. The molecule has 0 aliphatic heterocycles. The number of ether oxygens (including phenoxy) is 1. The summed E-state index contributed by atoms with van der Waals surface area (Å²) in [6, 6.07) is 3.17. The number of hydrogen-bond donors (Lipinski definition) is 4. The molecule has 8 heteroatoms. The van der Waals surface area contributed by atoms with E-state index in [0.29, 0.717) is 55.4 Å². The van der Waals surface area contributed by atoms with Crippen LogP contribution in [0.1, 0.15) is 142 Å². The number of primary amides is 1. The number of rotatable bonds is 11. The highest BCUT2D eigenvalue weighted by Gasteiger charge is 2.70. The minimum Gasteiger partial charge on any atom is -0.481 e. The lowest BCUT2D eigenvalue weighted by Crippen LogP contribution is -2.68. The minimum atomic E-state index is -1.10. The van der Waals surface area contributed by atoms with E-state index >= 15 is 0 Å². The van der Waals surface area contributed by atoms with Crippen LogP contribution >= 0.6 is 0 Å². The number of pyridine rings is 1. The molecule has 4 fully saturated rings. The molecule has 302 valence electrons. The maximum atomic E-state index is 12.8. The van der Waals surface area contributed by atoms with Crippen molar-refractivity contribution in [2.75, 3.05) is 13.2 Å². The highest BCUT2D eigenvalue weighted by atomic mass is 16.5. The molecule has 0 radical (unpaired) electrons. The van der Waals surface area contributed by atoms with Crippen molar-refractivity contribution in [3.05, 3.63) is 59.3 Å². The average Bonchev–Trinajstić information content (AvgIpc) is 3.54. The first-order chi connectivity index (χ1) is 25.9. The van der Waals surface area contributed by atoms with Gasteiger partial charge >= 0.3 is 5.97 Å². The summed E-state index contributed by atoms with van der Waals surface area (Å²) >= 11 is 0. The standard InChI is InChI=1S/C47H69N3O5/c1-9-31(51)27-50-47-23-16-32(29(2)3)38(47)35-12-13-37-43(6)19-17-34(42(4,5)36(43)18-20-45(37,8)44(35,7)24-25-47)30-14-21-46(22-15-30,41(53)54)28-55-40-33(39(48)52)11-10-26-49-40/h10-11,14,17,26,31-32,35-38,50-51H,2,9,12-13,15-16,18-25,27-28H2,1,3-8H3,(H2,48,52)(H,53,54)/t31-,32+,35-,36+,37-,38-,43+,44-,45-,46+,47+/m1/s1. The Balaban J connectivity index is 1.13. The van der Waals surface area contributed by atoms with E-state index in [4.69, 9.17) is 10.5 Å².